The number of nitrogens with zero attached hydrogens (tertiary/aromatic N) is 1. The molecule has 1 aliphatic carbocycles. The summed E-state index contributed by atoms with van der Waals surface area (Å²) in [7, 11) is 0. The van der Waals surface area contributed by atoms with Crippen LogP contribution in [0.2, 0.25) is 0 Å². The number of aromatic nitrogens is 1. The van der Waals surface area contributed by atoms with Crippen molar-refractivity contribution in [3.63, 3.8) is 0 Å². The summed E-state index contributed by atoms with van der Waals surface area (Å²) in [4.78, 5) is 27.1. The Hall–Kier alpha value is -2.11. The summed E-state index contributed by atoms with van der Waals surface area (Å²) in [5.74, 6) is 0.259. The molecule has 114 valence electrons. The fourth-order valence-electron chi connectivity index (χ4n) is 2.35. The van der Waals surface area contributed by atoms with E-state index in [1.807, 2.05) is 18.2 Å². The van der Waals surface area contributed by atoms with Crippen molar-refractivity contribution in [1.29, 1.82) is 0 Å². The minimum atomic E-state index is -0.185. The molecular weight excluding hydrogens is 270 g/mol. The molecule has 1 aromatic heterocycles. The molecule has 0 unspecified atom stereocenters. The number of hydrogen-bond donors (Lipinski definition) is 2. The highest BCUT2D eigenvalue weighted by Crippen LogP contribution is 2.27. The molecule has 0 atom stereocenters. The highest BCUT2D eigenvalue weighted by atomic mass is 16.5. The van der Waals surface area contributed by atoms with Gasteiger partial charge in [0.05, 0.1) is 0 Å². The average Bonchev–Trinajstić information content (AvgIpc) is 2.54. The lowest BCUT2D eigenvalue weighted by Crippen LogP contribution is -2.45. The summed E-state index contributed by atoms with van der Waals surface area (Å²) in [5, 5.41) is 0. The summed E-state index contributed by atoms with van der Waals surface area (Å²) < 4.78 is 5.79. The third kappa shape index (κ3) is 4.73. The van der Waals surface area contributed by atoms with Crippen LogP contribution in [0.15, 0.2) is 24.4 Å². The summed E-state index contributed by atoms with van der Waals surface area (Å²) in [5.41, 5.74) is 4.88. The van der Waals surface area contributed by atoms with Crippen LogP contribution in [0.1, 0.15) is 39.0 Å². The third-order valence-corrected chi connectivity index (χ3v) is 3.62. The Morgan fingerprint density at radius 1 is 1.24 bits per heavy atom. The topological polar surface area (TPSA) is 80.3 Å². The standard InChI is InChI=1S/C15H21N3O3/c1-2-13(19)17-18-15(20)11-6-8-12(9-7-11)21-14-5-3-4-10-16-14/h3-5,10-12H,2,6-9H2,1H3,(H,17,19)(H,18,20). The number of pyridine rings is 1. The van der Waals surface area contributed by atoms with Crippen LogP contribution < -0.4 is 15.6 Å². The Morgan fingerprint density at radius 3 is 2.62 bits per heavy atom. The first kappa shape index (κ1) is 15.3. The number of nitrogens with one attached hydrogen (secondary N) is 2. The van der Waals surface area contributed by atoms with Crippen molar-refractivity contribution < 1.29 is 14.3 Å². The van der Waals surface area contributed by atoms with Gasteiger partial charge < -0.3 is 4.74 Å². The molecular formula is C15H21N3O3. The highest BCUT2D eigenvalue weighted by Gasteiger charge is 2.27. The predicted molar refractivity (Wildman–Crippen MR) is 77.2 cm³/mol. The Kier molecular flexibility index (Phi) is 5.54. The second-order valence-electron chi connectivity index (χ2n) is 5.15. The molecule has 21 heavy (non-hydrogen) atoms. The predicted octanol–water partition coefficient (Wildman–Crippen LogP) is 1.58. The molecule has 0 saturated heterocycles. The van der Waals surface area contributed by atoms with Crippen LogP contribution in [0, 0.1) is 5.92 Å². The van der Waals surface area contributed by atoms with Crippen molar-refractivity contribution >= 4 is 11.8 Å². The van der Waals surface area contributed by atoms with E-state index in [-0.39, 0.29) is 23.8 Å². The summed E-state index contributed by atoms with van der Waals surface area (Å²) in [6.45, 7) is 1.74. The Morgan fingerprint density at radius 2 is 2.00 bits per heavy atom. The van der Waals surface area contributed by atoms with Crippen molar-refractivity contribution in [1.82, 2.24) is 15.8 Å². The lowest BCUT2D eigenvalue weighted by atomic mass is 9.87. The fraction of sp³-hybridized carbons (Fsp3) is 0.533. The van der Waals surface area contributed by atoms with E-state index in [1.54, 1.807) is 13.1 Å². The van der Waals surface area contributed by atoms with Crippen molar-refractivity contribution in [3.05, 3.63) is 24.4 Å². The van der Waals surface area contributed by atoms with Crippen molar-refractivity contribution in [2.45, 2.75) is 45.1 Å². The second-order valence-corrected chi connectivity index (χ2v) is 5.15. The largest absolute Gasteiger partial charge is 0.474 e. The minimum Gasteiger partial charge on any atom is -0.474 e. The minimum absolute atomic E-state index is 0.0641. The van der Waals surface area contributed by atoms with Gasteiger partial charge in [-0.05, 0) is 31.7 Å². The maximum absolute atomic E-state index is 11.9. The number of amides is 2. The second kappa shape index (κ2) is 7.61. The zero-order valence-corrected chi connectivity index (χ0v) is 12.2. The van der Waals surface area contributed by atoms with Gasteiger partial charge in [-0.3, -0.25) is 20.4 Å². The van der Waals surface area contributed by atoms with E-state index in [2.05, 4.69) is 15.8 Å². The van der Waals surface area contributed by atoms with Gasteiger partial charge in [0.25, 0.3) is 0 Å². The number of carbonyl (C=O) groups is 2. The van der Waals surface area contributed by atoms with Gasteiger partial charge >= 0.3 is 0 Å². The van der Waals surface area contributed by atoms with Gasteiger partial charge in [0.2, 0.25) is 17.7 Å². The first-order chi connectivity index (χ1) is 10.2. The molecule has 6 nitrogen and oxygen atoms in total. The molecule has 6 heteroatoms. The van der Waals surface area contributed by atoms with Crippen LogP contribution >= 0.6 is 0 Å². The summed E-state index contributed by atoms with van der Waals surface area (Å²) >= 11 is 0. The maximum Gasteiger partial charge on any atom is 0.241 e. The van der Waals surface area contributed by atoms with E-state index in [4.69, 9.17) is 4.74 Å². The zero-order chi connectivity index (χ0) is 15.1. The Bertz CT molecular complexity index is 470. The molecule has 0 bridgehead atoms. The van der Waals surface area contributed by atoms with Crippen LogP contribution in [-0.2, 0) is 9.59 Å². The highest BCUT2D eigenvalue weighted by molar-refractivity contribution is 5.83. The number of rotatable bonds is 4. The van der Waals surface area contributed by atoms with E-state index in [9.17, 15) is 9.59 Å². The van der Waals surface area contributed by atoms with Crippen LogP contribution in [0.3, 0.4) is 0 Å². The molecule has 1 heterocycles. The molecule has 0 aliphatic heterocycles. The van der Waals surface area contributed by atoms with Gasteiger partial charge in [0.1, 0.15) is 6.10 Å². The average molecular weight is 291 g/mol. The van der Waals surface area contributed by atoms with E-state index in [1.165, 1.54) is 0 Å². The van der Waals surface area contributed by atoms with Gasteiger partial charge in [0.15, 0.2) is 0 Å². The van der Waals surface area contributed by atoms with Crippen LogP contribution in [0.25, 0.3) is 0 Å². The number of hydrogen-bond acceptors (Lipinski definition) is 4. The van der Waals surface area contributed by atoms with Crippen molar-refractivity contribution in [2.24, 2.45) is 5.92 Å². The maximum atomic E-state index is 11.9. The third-order valence-electron chi connectivity index (χ3n) is 3.62. The van der Waals surface area contributed by atoms with Gasteiger partial charge in [-0.15, -0.1) is 0 Å². The van der Waals surface area contributed by atoms with E-state index in [0.717, 1.165) is 25.7 Å². The van der Waals surface area contributed by atoms with Crippen molar-refractivity contribution in [3.8, 4) is 5.88 Å². The van der Waals surface area contributed by atoms with E-state index < -0.39 is 0 Å². The van der Waals surface area contributed by atoms with Gasteiger partial charge in [-0.2, -0.15) is 0 Å². The molecule has 0 radical (unpaired) electrons. The SMILES string of the molecule is CCC(=O)NNC(=O)C1CCC(Oc2ccccn2)CC1. The van der Waals surface area contributed by atoms with Gasteiger partial charge in [0, 0.05) is 24.6 Å². The molecule has 1 aromatic rings. The monoisotopic (exact) mass is 291 g/mol. The lowest BCUT2D eigenvalue weighted by molar-refractivity contribution is -0.132. The van der Waals surface area contributed by atoms with Crippen molar-refractivity contribution in [2.75, 3.05) is 0 Å². The molecule has 1 saturated carbocycles. The Balaban J connectivity index is 1.72. The summed E-state index contributed by atoms with van der Waals surface area (Å²) in [6, 6.07) is 5.57. The molecule has 2 N–H and O–H groups in total. The molecule has 0 spiro atoms. The van der Waals surface area contributed by atoms with Gasteiger partial charge in [-0.25, -0.2) is 4.98 Å². The van der Waals surface area contributed by atoms with E-state index in [0.29, 0.717) is 12.3 Å². The quantitative estimate of drug-likeness (QED) is 0.825. The molecule has 0 aromatic carbocycles. The fourth-order valence-corrected chi connectivity index (χ4v) is 2.35. The van der Waals surface area contributed by atoms with E-state index >= 15 is 0 Å². The number of ether oxygens (including phenoxy) is 1. The normalized spacial score (nSPS) is 21.4. The van der Waals surface area contributed by atoms with Crippen LogP contribution in [0.5, 0.6) is 5.88 Å². The summed E-state index contributed by atoms with van der Waals surface area (Å²) in [6.07, 6.45) is 5.30. The smallest absolute Gasteiger partial charge is 0.241 e. The number of carbonyl (C=O) groups excluding carboxylic acids is 2. The van der Waals surface area contributed by atoms with Gasteiger partial charge in [-0.1, -0.05) is 13.0 Å². The first-order valence-electron chi connectivity index (χ1n) is 7.35. The lowest BCUT2D eigenvalue weighted by Gasteiger charge is -2.27. The zero-order valence-electron chi connectivity index (χ0n) is 12.2. The molecule has 2 rings (SSSR count). The Labute approximate surface area is 124 Å². The molecule has 1 fully saturated rings. The van der Waals surface area contributed by atoms with Crippen LogP contribution in [-0.4, -0.2) is 22.9 Å². The first-order valence-corrected chi connectivity index (χ1v) is 7.35. The van der Waals surface area contributed by atoms with Crippen LogP contribution in [0.4, 0.5) is 0 Å². The molecule has 2 amide bonds. The number of hydrazine groups is 1. The molecule has 1 aliphatic rings.